The fraction of sp³-hybridized carbons (Fsp3) is 0.440. The van der Waals surface area contributed by atoms with Crippen LogP contribution in [0.1, 0.15) is 56.4 Å². The second kappa shape index (κ2) is 11.4. The Labute approximate surface area is 193 Å². The molecule has 3 rings (SSSR count). The van der Waals surface area contributed by atoms with Crippen molar-refractivity contribution in [2.45, 2.75) is 50.1 Å². The first-order chi connectivity index (χ1) is 15.9. The van der Waals surface area contributed by atoms with Crippen molar-refractivity contribution in [1.29, 1.82) is 0 Å². The summed E-state index contributed by atoms with van der Waals surface area (Å²) in [6, 6.07) is 12.8. The molecule has 2 aromatic rings. The van der Waals surface area contributed by atoms with E-state index >= 15 is 0 Å². The fourth-order valence-electron chi connectivity index (χ4n) is 4.16. The standard InChI is InChI=1S/C25H32N2O6/c1-26-24(31)18-10-16(11-19(12-18)25(32)27-2)7-3-5-15-6-4-8-17(9-15)23-22(30)21(29)13-20(14-28)33-23/h4,6,8-12,20-23,28-30H,3,5,7,13-14H2,1-2H3,(H,26,31)(H,27,32)/t20?,21?,22?,23-/m1/s1. The Morgan fingerprint density at radius 1 is 0.970 bits per heavy atom. The van der Waals surface area contributed by atoms with E-state index in [1.54, 1.807) is 32.3 Å². The lowest BCUT2D eigenvalue weighted by Crippen LogP contribution is -2.44. The third-order valence-corrected chi connectivity index (χ3v) is 5.93. The average molecular weight is 457 g/mol. The molecule has 1 aliphatic rings. The van der Waals surface area contributed by atoms with Gasteiger partial charge in [0, 0.05) is 31.6 Å². The summed E-state index contributed by atoms with van der Waals surface area (Å²) >= 11 is 0. The number of aryl methyl sites for hydroxylation is 2. The van der Waals surface area contributed by atoms with Crippen LogP contribution in [0.4, 0.5) is 0 Å². The van der Waals surface area contributed by atoms with Gasteiger partial charge in [0.2, 0.25) is 0 Å². The molecule has 0 spiro atoms. The highest BCUT2D eigenvalue weighted by Crippen LogP contribution is 2.32. The molecule has 1 fully saturated rings. The Morgan fingerprint density at radius 2 is 1.61 bits per heavy atom. The Balaban J connectivity index is 1.70. The molecule has 0 saturated carbocycles. The Kier molecular flexibility index (Phi) is 8.57. The lowest BCUT2D eigenvalue weighted by Gasteiger charge is -2.37. The van der Waals surface area contributed by atoms with Gasteiger partial charge in [-0.25, -0.2) is 0 Å². The van der Waals surface area contributed by atoms with E-state index in [-0.39, 0.29) is 24.8 Å². The van der Waals surface area contributed by atoms with Gasteiger partial charge in [-0.05, 0) is 54.2 Å². The minimum Gasteiger partial charge on any atom is -0.394 e. The molecule has 0 radical (unpaired) electrons. The summed E-state index contributed by atoms with van der Waals surface area (Å²) in [5.41, 5.74) is 3.57. The van der Waals surface area contributed by atoms with E-state index in [1.165, 1.54) is 0 Å². The number of hydrogen-bond acceptors (Lipinski definition) is 6. The fourth-order valence-corrected chi connectivity index (χ4v) is 4.16. The average Bonchev–Trinajstić information content (AvgIpc) is 2.84. The third-order valence-electron chi connectivity index (χ3n) is 5.93. The van der Waals surface area contributed by atoms with E-state index in [1.807, 2.05) is 24.3 Å². The number of nitrogens with one attached hydrogen (secondary N) is 2. The highest BCUT2D eigenvalue weighted by Gasteiger charge is 2.37. The molecule has 33 heavy (non-hydrogen) atoms. The minimum absolute atomic E-state index is 0.195. The van der Waals surface area contributed by atoms with Crippen LogP contribution < -0.4 is 10.6 Å². The topological polar surface area (TPSA) is 128 Å². The van der Waals surface area contributed by atoms with Crippen LogP contribution in [0.25, 0.3) is 0 Å². The molecule has 4 atom stereocenters. The number of rotatable bonds is 8. The monoisotopic (exact) mass is 456 g/mol. The molecule has 8 nitrogen and oxygen atoms in total. The molecule has 1 aliphatic heterocycles. The van der Waals surface area contributed by atoms with Crippen molar-refractivity contribution in [3.8, 4) is 0 Å². The normalized spacial score (nSPS) is 22.6. The van der Waals surface area contributed by atoms with Crippen LogP contribution >= 0.6 is 0 Å². The predicted octanol–water partition coefficient (Wildman–Crippen LogP) is 1.13. The number of carbonyl (C=O) groups is 2. The van der Waals surface area contributed by atoms with E-state index in [4.69, 9.17) is 4.74 Å². The van der Waals surface area contributed by atoms with E-state index < -0.39 is 24.4 Å². The van der Waals surface area contributed by atoms with Crippen LogP contribution in [0.2, 0.25) is 0 Å². The maximum atomic E-state index is 12.1. The maximum Gasteiger partial charge on any atom is 0.251 e. The smallest absolute Gasteiger partial charge is 0.251 e. The van der Waals surface area contributed by atoms with Gasteiger partial charge in [0.25, 0.3) is 11.8 Å². The first kappa shape index (κ1) is 24.9. The molecule has 3 unspecified atom stereocenters. The van der Waals surface area contributed by atoms with E-state index in [0.29, 0.717) is 17.5 Å². The molecule has 0 aliphatic carbocycles. The molecule has 1 heterocycles. The largest absolute Gasteiger partial charge is 0.394 e. The van der Waals surface area contributed by atoms with Gasteiger partial charge >= 0.3 is 0 Å². The number of aliphatic hydroxyl groups is 3. The molecular weight excluding hydrogens is 424 g/mol. The molecule has 2 amide bonds. The second-order valence-electron chi connectivity index (χ2n) is 8.33. The van der Waals surface area contributed by atoms with Gasteiger partial charge in [-0.1, -0.05) is 24.3 Å². The predicted molar refractivity (Wildman–Crippen MR) is 123 cm³/mol. The van der Waals surface area contributed by atoms with Crippen molar-refractivity contribution >= 4 is 11.8 Å². The van der Waals surface area contributed by atoms with Crippen LogP contribution in [0.5, 0.6) is 0 Å². The number of ether oxygens (including phenoxy) is 1. The van der Waals surface area contributed by atoms with Crippen molar-refractivity contribution < 1.29 is 29.6 Å². The summed E-state index contributed by atoms with van der Waals surface area (Å²) in [5, 5.41) is 35.1. The van der Waals surface area contributed by atoms with Gasteiger partial charge in [0.1, 0.15) is 12.2 Å². The zero-order valence-corrected chi connectivity index (χ0v) is 19.0. The van der Waals surface area contributed by atoms with Crippen molar-refractivity contribution in [3.63, 3.8) is 0 Å². The SMILES string of the molecule is CNC(=O)c1cc(CCCc2cccc([C@H]3OC(CO)CC(O)C3O)c2)cc(C(=O)NC)c1. The van der Waals surface area contributed by atoms with Crippen LogP contribution in [-0.2, 0) is 17.6 Å². The highest BCUT2D eigenvalue weighted by molar-refractivity contribution is 5.99. The van der Waals surface area contributed by atoms with Gasteiger partial charge < -0.3 is 30.7 Å². The number of benzene rings is 2. The molecule has 5 N–H and O–H groups in total. The molecule has 0 bridgehead atoms. The van der Waals surface area contributed by atoms with E-state index in [9.17, 15) is 24.9 Å². The van der Waals surface area contributed by atoms with E-state index in [2.05, 4.69) is 10.6 Å². The van der Waals surface area contributed by atoms with Crippen LogP contribution in [-0.4, -0.2) is 66.1 Å². The first-order valence-corrected chi connectivity index (χ1v) is 11.2. The van der Waals surface area contributed by atoms with Crippen molar-refractivity contribution in [3.05, 3.63) is 70.3 Å². The summed E-state index contributed by atoms with van der Waals surface area (Å²) in [6.45, 7) is -0.215. The van der Waals surface area contributed by atoms with Crippen LogP contribution in [0.15, 0.2) is 42.5 Å². The van der Waals surface area contributed by atoms with Gasteiger partial charge in [0.15, 0.2) is 0 Å². The summed E-state index contributed by atoms with van der Waals surface area (Å²) in [6.07, 6.45) is -0.838. The minimum atomic E-state index is -1.06. The van der Waals surface area contributed by atoms with Crippen molar-refractivity contribution in [2.75, 3.05) is 20.7 Å². The second-order valence-corrected chi connectivity index (χ2v) is 8.33. The Hall–Kier alpha value is -2.78. The molecule has 8 heteroatoms. The summed E-state index contributed by atoms with van der Waals surface area (Å²) in [4.78, 5) is 24.2. The van der Waals surface area contributed by atoms with Crippen LogP contribution in [0.3, 0.4) is 0 Å². The first-order valence-electron chi connectivity index (χ1n) is 11.2. The summed E-state index contributed by atoms with van der Waals surface area (Å²) < 4.78 is 5.79. The molecule has 2 aromatic carbocycles. The number of amides is 2. The third kappa shape index (κ3) is 6.17. The number of aliphatic hydroxyl groups excluding tert-OH is 3. The van der Waals surface area contributed by atoms with Gasteiger partial charge in [0.05, 0.1) is 18.8 Å². The van der Waals surface area contributed by atoms with Gasteiger partial charge in [-0.3, -0.25) is 9.59 Å². The van der Waals surface area contributed by atoms with E-state index in [0.717, 1.165) is 29.5 Å². The van der Waals surface area contributed by atoms with Gasteiger partial charge in [-0.15, -0.1) is 0 Å². The van der Waals surface area contributed by atoms with Gasteiger partial charge in [-0.2, -0.15) is 0 Å². The molecule has 0 aromatic heterocycles. The molecule has 178 valence electrons. The number of hydrogen-bond donors (Lipinski definition) is 5. The zero-order valence-electron chi connectivity index (χ0n) is 19.0. The molecule has 1 saturated heterocycles. The lowest BCUT2D eigenvalue weighted by molar-refractivity contribution is -0.179. The Morgan fingerprint density at radius 3 is 2.21 bits per heavy atom. The lowest BCUT2D eigenvalue weighted by atomic mass is 9.92. The highest BCUT2D eigenvalue weighted by atomic mass is 16.5. The quantitative estimate of drug-likeness (QED) is 0.405. The van der Waals surface area contributed by atoms with Crippen molar-refractivity contribution in [1.82, 2.24) is 10.6 Å². The summed E-state index contributed by atoms with van der Waals surface area (Å²) in [7, 11) is 3.10. The number of carbonyl (C=O) groups excluding carboxylic acids is 2. The maximum absolute atomic E-state index is 12.1. The zero-order chi connectivity index (χ0) is 24.0. The van der Waals surface area contributed by atoms with Crippen molar-refractivity contribution in [2.24, 2.45) is 0 Å². The Bertz CT molecular complexity index is 945. The molecular formula is C25H32N2O6. The summed E-state index contributed by atoms with van der Waals surface area (Å²) in [5.74, 6) is -0.492. The van der Waals surface area contributed by atoms with Crippen LogP contribution in [0, 0.1) is 0 Å².